The first kappa shape index (κ1) is 29.0. The van der Waals surface area contributed by atoms with Gasteiger partial charge in [0, 0.05) is 37.6 Å². The van der Waals surface area contributed by atoms with Crippen LogP contribution < -0.4 is 9.47 Å². The fourth-order valence-electron chi connectivity index (χ4n) is 8.54. The van der Waals surface area contributed by atoms with Crippen LogP contribution in [-0.2, 0) is 32.3 Å². The molecule has 2 heterocycles. The second-order valence-corrected chi connectivity index (χ2v) is 12.9. The number of likely N-dealkylation sites (tertiary alicyclic amines) is 1. The van der Waals surface area contributed by atoms with Gasteiger partial charge in [-0.1, -0.05) is 12.0 Å². The van der Waals surface area contributed by atoms with Crippen molar-refractivity contribution in [2.24, 2.45) is 5.92 Å². The van der Waals surface area contributed by atoms with Crippen LogP contribution in [0.2, 0.25) is 0 Å². The molecule has 1 spiro atoms. The van der Waals surface area contributed by atoms with Gasteiger partial charge in [-0.15, -0.1) is 0 Å². The molecule has 5 atom stereocenters. The van der Waals surface area contributed by atoms with Crippen LogP contribution in [0.1, 0.15) is 61.3 Å². The molecule has 232 valence electrons. The number of alkyl halides is 3. The van der Waals surface area contributed by atoms with E-state index in [0.717, 1.165) is 42.8 Å². The molecule has 2 bridgehead atoms. The van der Waals surface area contributed by atoms with Gasteiger partial charge in [-0.05, 0) is 86.9 Å². The van der Waals surface area contributed by atoms with Crippen LogP contribution in [0.4, 0.5) is 13.2 Å². The van der Waals surface area contributed by atoms with Gasteiger partial charge in [0.15, 0.2) is 11.5 Å². The Morgan fingerprint density at radius 2 is 1.86 bits per heavy atom. The van der Waals surface area contributed by atoms with Crippen LogP contribution in [0, 0.1) is 17.8 Å². The molecule has 7 rings (SSSR count). The lowest BCUT2D eigenvalue weighted by Gasteiger charge is -2.65. The smallest absolute Gasteiger partial charge is 0.416 e. The lowest BCUT2D eigenvalue weighted by Crippen LogP contribution is -2.79. The molecule has 0 radical (unpaired) electrons. The Morgan fingerprint density at radius 1 is 1.11 bits per heavy atom. The summed E-state index contributed by atoms with van der Waals surface area (Å²) in [4.78, 5) is 30.5. The molecule has 2 saturated carbocycles. The van der Waals surface area contributed by atoms with Crippen molar-refractivity contribution >= 4 is 11.9 Å². The normalized spacial score (nSPS) is 29.9. The molecule has 0 N–H and O–H groups in total. The summed E-state index contributed by atoms with van der Waals surface area (Å²) >= 11 is 0. The van der Waals surface area contributed by atoms with Crippen molar-refractivity contribution in [1.82, 2.24) is 9.80 Å². The average Bonchev–Trinajstić information content (AvgIpc) is 3.73. The zero-order valence-corrected chi connectivity index (χ0v) is 25.0. The summed E-state index contributed by atoms with van der Waals surface area (Å²) in [7, 11) is 3.30. The average molecular weight is 609 g/mol. The number of rotatable bonds is 5. The first-order valence-electron chi connectivity index (χ1n) is 15.2. The number of ether oxygens (including phenoxy) is 3. The number of methoxy groups -OCH3 is 1. The molecule has 2 aromatic rings. The second kappa shape index (κ2) is 10.2. The highest BCUT2D eigenvalue weighted by Gasteiger charge is 2.75. The van der Waals surface area contributed by atoms with E-state index in [1.165, 1.54) is 31.9 Å². The van der Waals surface area contributed by atoms with E-state index in [9.17, 15) is 22.8 Å². The van der Waals surface area contributed by atoms with Crippen LogP contribution >= 0.6 is 0 Å². The molecule has 2 aliphatic heterocycles. The van der Waals surface area contributed by atoms with Gasteiger partial charge in [-0.3, -0.25) is 14.5 Å². The molecular weight excluding hydrogens is 573 g/mol. The third kappa shape index (κ3) is 4.30. The highest BCUT2D eigenvalue weighted by molar-refractivity contribution is 5.94. The van der Waals surface area contributed by atoms with E-state index in [2.05, 4.69) is 22.8 Å². The van der Waals surface area contributed by atoms with Crippen molar-refractivity contribution in [3.05, 3.63) is 58.7 Å². The Kier molecular flexibility index (Phi) is 6.70. The van der Waals surface area contributed by atoms with Gasteiger partial charge in [0.2, 0.25) is 0 Å². The van der Waals surface area contributed by atoms with Crippen LogP contribution in [0.15, 0.2) is 36.4 Å². The van der Waals surface area contributed by atoms with Crippen LogP contribution in [0.25, 0.3) is 0 Å². The first-order chi connectivity index (χ1) is 21.0. The predicted molar refractivity (Wildman–Crippen MR) is 154 cm³/mol. The number of hydrogen-bond acceptors (Lipinski definition) is 6. The molecule has 3 aliphatic carbocycles. The van der Waals surface area contributed by atoms with Gasteiger partial charge >= 0.3 is 12.1 Å². The van der Waals surface area contributed by atoms with Gasteiger partial charge in [-0.2, -0.15) is 13.2 Å². The predicted octanol–water partition coefficient (Wildman–Crippen LogP) is 4.73. The summed E-state index contributed by atoms with van der Waals surface area (Å²) in [5.41, 5.74) is 0.228. The number of hydrogen-bond donors (Lipinski definition) is 0. The Morgan fingerprint density at radius 3 is 2.52 bits per heavy atom. The molecule has 2 aromatic carbocycles. The van der Waals surface area contributed by atoms with E-state index in [1.54, 1.807) is 19.1 Å². The zero-order chi connectivity index (χ0) is 31.0. The molecule has 1 unspecified atom stereocenters. The van der Waals surface area contributed by atoms with E-state index >= 15 is 0 Å². The van der Waals surface area contributed by atoms with E-state index in [0.29, 0.717) is 42.2 Å². The number of halogens is 3. The number of likely N-dealkylation sites (N-methyl/N-ethyl adjacent to an activating group) is 1. The maximum Gasteiger partial charge on any atom is 0.416 e. The number of benzene rings is 2. The quantitative estimate of drug-likeness (QED) is 0.362. The van der Waals surface area contributed by atoms with Crippen molar-refractivity contribution in [3.8, 4) is 23.3 Å². The van der Waals surface area contributed by atoms with Crippen molar-refractivity contribution in [3.63, 3.8) is 0 Å². The fourth-order valence-corrected chi connectivity index (χ4v) is 8.54. The minimum Gasteiger partial charge on any atom is -0.493 e. The van der Waals surface area contributed by atoms with Crippen molar-refractivity contribution in [2.75, 3.05) is 27.2 Å². The summed E-state index contributed by atoms with van der Waals surface area (Å²) in [5, 5.41) is 0. The molecule has 10 heteroatoms. The fraction of sp³-hybridized carbons (Fsp3) is 0.529. The van der Waals surface area contributed by atoms with Crippen LogP contribution in [0.3, 0.4) is 0 Å². The minimum absolute atomic E-state index is 0.0138. The van der Waals surface area contributed by atoms with Crippen molar-refractivity contribution in [1.29, 1.82) is 0 Å². The minimum atomic E-state index is -4.45. The van der Waals surface area contributed by atoms with E-state index in [-0.39, 0.29) is 18.1 Å². The summed E-state index contributed by atoms with van der Waals surface area (Å²) in [6.45, 7) is 3.28. The van der Waals surface area contributed by atoms with E-state index < -0.39 is 34.8 Å². The topological polar surface area (TPSA) is 68.3 Å². The lowest BCUT2D eigenvalue weighted by molar-refractivity contribution is -0.223. The maximum atomic E-state index is 13.5. The van der Waals surface area contributed by atoms with Crippen molar-refractivity contribution in [2.45, 2.75) is 80.8 Å². The zero-order valence-electron chi connectivity index (χ0n) is 25.0. The number of carbonyl (C=O) groups is 2. The summed E-state index contributed by atoms with van der Waals surface area (Å²) < 4.78 is 58.0. The van der Waals surface area contributed by atoms with Crippen LogP contribution in [-0.4, -0.2) is 72.7 Å². The summed E-state index contributed by atoms with van der Waals surface area (Å²) in [5.74, 6) is 6.50. The molecule has 3 fully saturated rings. The van der Waals surface area contributed by atoms with Crippen LogP contribution in [0.5, 0.6) is 11.5 Å². The molecule has 7 nitrogen and oxygen atoms in total. The maximum absolute atomic E-state index is 13.5. The standard InChI is InChI=1S/C34H35F3N2O5/c1-20(40)44-33-15-14-25(38(2)28(41)13-8-21-6-10-24(11-7-21)34(35,36)37)31-32(33)16-17-39(19-22-4-5-22)27(33)18-23-9-12-26(42-3)30(43-31)29(23)32/h6-7,9-12,22,25,27,31H,4-5,14-19H2,1-3H3/t25-,27+,31-,32-,33?/m0/s1. The number of piperidine rings is 1. The third-order valence-corrected chi connectivity index (χ3v) is 10.6. The Balaban J connectivity index is 1.26. The van der Waals surface area contributed by atoms with Crippen molar-refractivity contribution < 1.29 is 37.0 Å². The second-order valence-electron chi connectivity index (χ2n) is 12.9. The first-order valence-corrected chi connectivity index (χ1v) is 15.2. The van der Waals surface area contributed by atoms with Gasteiger partial charge in [0.1, 0.15) is 11.7 Å². The van der Waals surface area contributed by atoms with Gasteiger partial charge in [0.25, 0.3) is 5.91 Å². The number of esters is 1. The molecule has 0 aromatic heterocycles. The molecule has 1 amide bonds. The number of amides is 1. The number of nitrogens with zero attached hydrogens (tertiary/aromatic N) is 2. The molecular formula is C34H35F3N2O5. The molecule has 1 saturated heterocycles. The molecule has 44 heavy (non-hydrogen) atoms. The largest absolute Gasteiger partial charge is 0.493 e. The van der Waals surface area contributed by atoms with E-state index in [1.807, 2.05) is 6.07 Å². The Labute approximate surface area is 254 Å². The van der Waals surface area contributed by atoms with Gasteiger partial charge in [-0.25, -0.2) is 0 Å². The summed E-state index contributed by atoms with van der Waals surface area (Å²) in [6, 6.07) is 8.07. The third-order valence-electron chi connectivity index (χ3n) is 10.6. The number of carbonyl (C=O) groups excluding carboxylic acids is 2. The molecule has 5 aliphatic rings. The monoisotopic (exact) mass is 608 g/mol. The Bertz CT molecular complexity index is 1580. The highest BCUT2D eigenvalue weighted by Crippen LogP contribution is 2.67. The van der Waals surface area contributed by atoms with E-state index in [4.69, 9.17) is 14.2 Å². The SMILES string of the molecule is COc1ccc2c3c1O[C@H]1[C@@H](N(C)C(=O)C#Cc4ccc(C(F)(F)F)cc4)CCC4(OC(C)=O)[C@@H](C2)N(CC2CC2)CC[C@]314. The highest BCUT2D eigenvalue weighted by atomic mass is 19.4. The van der Waals surface area contributed by atoms with Gasteiger partial charge in [0.05, 0.1) is 30.2 Å². The Hall–Kier alpha value is -3.71. The summed E-state index contributed by atoms with van der Waals surface area (Å²) in [6.07, 6.45) is 0.0266. The van der Waals surface area contributed by atoms with Gasteiger partial charge < -0.3 is 19.1 Å². The lowest BCUT2D eigenvalue weighted by atomic mass is 9.48.